The van der Waals surface area contributed by atoms with Crippen molar-refractivity contribution >= 4 is 17.6 Å². The molecular weight excluding hydrogens is 200 g/mol. The van der Waals surface area contributed by atoms with Gasteiger partial charge in [0.15, 0.2) is 11.3 Å². The summed E-state index contributed by atoms with van der Waals surface area (Å²) < 4.78 is 0.579. The lowest BCUT2D eigenvalue weighted by atomic mass is 10.6. The van der Waals surface area contributed by atoms with Crippen LogP contribution in [-0.4, -0.2) is 26.7 Å². The van der Waals surface area contributed by atoms with Crippen LogP contribution in [0.3, 0.4) is 0 Å². The maximum atomic E-state index is 10.7. The van der Waals surface area contributed by atoms with Crippen molar-refractivity contribution in [2.24, 2.45) is 4.99 Å². The molecule has 1 aromatic rings. The minimum Gasteiger partial charge on any atom is -0.425 e. The second kappa shape index (κ2) is 4.36. The van der Waals surface area contributed by atoms with Crippen molar-refractivity contribution in [3.05, 3.63) is 17.9 Å². The third-order valence-electron chi connectivity index (χ3n) is 1.41. The maximum Gasteiger partial charge on any atom is 0.244 e. The summed E-state index contributed by atoms with van der Waals surface area (Å²) in [6.45, 7) is 2.53. The SMILES string of the molecule is CC(=O)N=c1cncc(NC(C)=O)n1O. The molecule has 1 aromatic heterocycles. The Hall–Kier alpha value is -2.18. The highest BCUT2D eigenvalue weighted by atomic mass is 16.5. The van der Waals surface area contributed by atoms with Crippen molar-refractivity contribution in [1.82, 2.24) is 9.71 Å². The largest absolute Gasteiger partial charge is 0.425 e. The summed E-state index contributed by atoms with van der Waals surface area (Å²) >= 11 is 0. The molecule has 0 aliphatic carbocycles. The van der Waals surface area contributed by atoms with E-state index in [1.807, 2.05) is 0 Å². The molecule has 0 saturated carbocycles. The average molecular weight is 210 g/mol. The topological polar surface area (TPSA) is 96.6 Å². The van der Waals surface area contributed by atoms with Crippen molar-refractivity contribution < 1.29 is 14.8 Å². The molecule has 0 atom stereocenters. The molecule has 15 heavy (non-hydrogen) atoms. The van der Waals surface area contributed by atoms with Gasteiger partial charge in [-0.3, -0.25) is 14.6 Å². The summed E-state index contributed by atoms with van der Waals surface area (Å²) in [4.78, 5) is 28.6. The Morgan fingerprint density at radius 3 is 2.67 bits per heavy atom. The minimum atomic E-state index is -0.473. The van der Waals surface area contributed by atoms with Gasteiger partial charge >= 0.3 is 0 Å². The molecule has 7 nitrogen and oxygen atoms in total. The standard InChI is InChI=1S/C8H10N4O3/c1-5(13)10-7-3-9-4-8(12(7)15)11-6(2)14/h3-4,15H,1-2H3,(H,10,13). The number of nitrogens with zero attached hydrogens (tertiary/aromatic N) is 3. The van der Waals surface area contributed by atoms with Crippen LogP contribution >= 0.6 is 0 Å². The third kappa shape index (κ3) is 2.90. The van der Waals surface area contributed by atoms with Crippen LogP contribution in [-0.2, 0) is 9.59 Å². The summed E-state index contributed by atoms with van der Waals surface area (Å²) in [5, 5.41) is 11.8. The maximum absolute atomic E-state index is 10.7. The number of anilines is 1. The Morgan fingerprint density at radius 1 is 1.47 bits per heavy atom. The van der Waals surface area contributed by atoms with Gasteiger partial charge in [-0.1, -0.05) is 0 Å². The van der Waals surface area contributed by atoms with Crippen LogP contribution in [0.5, 0.6) is 0 Å². The van der Waals surface area contributed by atoms with E-state index in [0.717, 1.165) is 0 Å². The second-order valence-electron chi connectivity index (χ2n) is 2.77. The number of nitrogens with one attached hydrogen (secondary N) is 1. The van der Waals surface area contributed by atoms with Crippen LogP contribution in [0.1, 0.15) is 13.8 Å². The first kappa shape index (κ1) is 10.9. The van der Waals surface area contributed by atoms with Crippen LogP contribution in [0.25, 0.3) is 0 Å². The Bertz CT molecular complexity index is 463. The molecule has 0 aromatic carbocycles. The summed E-state index contributed by atoms with van der Waals surface area (Å²) in [6.07, 6.45) is 2.44. The second-order valence-corrected chi connectivity index (χ2v) is 2.77. The smallest absolute Gasteiger partial charge is 0.244 e. The van der Waals surface area contributed by atoms with Crippen molar-refractivity contribution in [3.63, 3.8) is 0 Å². The molecule has 0 radical (unpaired) electrons. The third-order valence-corrected chi connectivity index (χ3v) is 1.41. The van der Waals surface area contributed by atoms with Crippen LogP contribution in [0.4, 0.5) is 5.82 Å². The number of hydrogen-bond acceptors (Lipinski definition) is 4. The molecule has 0 aliphatic rings. The van der Waals surface area contributed by atoms with Crippen molar-refractivity contribution in [3.8, 4) is 0 Å². The summed E-state index contributed by atoms with van der Waals surface area (Å²) in [6, 6.07) is 0. The normalized spacial score (nSPS) is 11.2. The van der Waals surface area contributed by atoms with Gasteiger partial charge in [0.2, 0.25) is 11.8 Å². The van der Waals surface area contributed by atoms with Crippen LogP contribution in [0, 0.1) is 0 Å². The van der Waals surface area contributed by atoms with E-state index in [2.05, 4.69) is 15.3 Å². The van der Waals surface area contributed by atoms with Gasteiger partial charge in [0.05, 0.1) is 12.4 Å². The Labute approximate surface area is 85.1 Å². The molecule has 0 saturated heterocycles. The van der Waals surface area contributed by atoms with E-state index < -0.39 is 5.91 Å². The Balaban J connectivity index is 3.23. The highest BCUT2D eigenvalue weighted by molar-refractivity contribution is 5.87. The highest BCUT2D eigenvalue weighted by Crippen LogP contribution is 1.97. The molecule has 80 valence electrons. The number of carbonyl (C=O) groups excluding carboxylic acids is 2. The molecule has 7 heteroatoms. The quantitative estimate of drug-likeness (QED) is 0.612. The van der Waals surface area contributed by atoms with E-state index in [1.54, 1.807) is 0 Å². The van der Waals surface area contributed by atoms with E-state index >= 15 is 0 Å². The van der Waals surface area contributed by atoms with Gasteiger partial charge in [-0.15, -0.1) is 4.73 Å². The van der Waals surface area contributed by atoms with E-state index in [4.69, 9.17) is 0 Å². The monoisotopic (exact) mass is 210 g/mol. The first-order valence-electron chi connectivity index (χ1n) is 4.10. The van der Waals surface area contributed by atoms with Crippen molar-refractivity contribution in [2.45, 2.75) is 13.8 Å². The fraction of sp³-hybridized carbons (Fsp3) is 0.250. The molecule has 2 amide bonds. The van der Waals surface area contributed by atoms with E-state index in [0.29, 0.717) is 4.73 Å². The number of amides is 2. The number of aromatic nitrogens is 2. The molecule has 1 rings (SSSR count). The van der Waals surface area contributed by atoms with Crippen LogP contribution in [0.2, 0.25) is 0 Å². The van der Waals surface area contributed by atoms with E-state index in [1.165, 1.54) is 26.2 Å². The Kier molecular flexibility index (Phi) is 3.17. The molecule has 2 N–H and O–H groups in total. The van der Waals surface area contributed by atoms with Crippen LogP contribution < -0.4 is 10.8 Å². The molecule has 0 aliphatic heterocycles. The summed E-state index contributed by atoms with van der Waals surface area (Å²) in [7, 11) is 0. The zero-order chi connectivity index (χ0) is 11.4. The zero-order valence-electron chi connectivity index (χ0n) is 8.26. The van der Waals surface area contributed by atoms with Gasteiger partial charge < -0.3 is 10.5 Å². The predicted molar refractivity (Wildman–Crippen MR) is 50.0 cm³/mol. The fourth-order valence-corrected chi connectivity index (χ4v) is 0.910. The van der Waals surface area contributed by atoms with Crippen LogP contribution in [0.15, 0.2) is 17.4 Å². The van der Waals surface area contributed by atoms with E-state index in [-0.39, 0.29) is 17.2 Å². The fourth-order valence-electron chi connectivity index (χ4n) is 0.910. The minimum absolute atomic E-state index is 0.0463. The predicted octanol–water partition coefficient (Wildman–Crippen LogP) is -0.474. The number of hydrogen-bond donors (Lipinski definition) is 2. The average Bonchev–Trinajstić information content (AvgIpc) is 2.10. The van der Waals surface area contributed by atoms with Gasteiger partial charge in [-0.05, 0) is 0 Å². The number of carbonyl (C=O) groups is 2. The molecular formula is C8H10N4O3. The van der Waals surface area contributed by atoms with E-state index in [9.17, 15) is 14.8 Å². The lowest BCUT2D eigenvalue weighted by molar-refractivity contribution is -0.116. The molecule has 0 unspecified atom stereocenters. The summed E-state index contributed by atoms with van der Waals surface area (Å²) in [5.41, 5.74) is -0.0475. The van der Waals surface area contributed by atoms with Crippen molar-refractivity contribution in [2.75, 3.05) is 5.32 Å². The molecule has 0 bridgehead atoms. The summed E-state index contributed by atoms with van der Waals surface area (Å²) in [5.74, 6) is -0.788. The lowest BCUT2D eigenvalue weighted by Gasteiger charge is -2.05. The van der Waals surface area contributed by atoms with Crippen molar-refractivity contribution in [1.29, 1.82) is 0 Å². The Morgan fingerprint density at radius 2 is 2.13 bits per heavy atom. The van der Waals surface area contributed by atoms with Gasteiger partial charge in [-0.25, -0.2) is 0 Å². The molecule has 0 spiro atoms. The lowest BCUT2D eigenvalue weighted by Crippen LogP contribution is -2.25. The zero-order valence-corrected chi connectivity index (χ0v) is 8.26. The number of rotatable bonds is 1. The van der Waals surface area contributed by atoms with Gasteiger partial charge in [-0.2, -0.15) is 4.99 Å². The van der Waals surface area contributed by atoms with Gasteiger partial charge in [0, 0.05) is 13.8 Å². The van der Waals surface area contributed by atoms with Gasteiger partial charge in [0.25, 0.3) is 0 Å². The molecule has 1 heterocycles. The van der Waals surface area contributed by atoms with Gasteiger partial charge in [0.1, 0.15) is 0 Å². The first-order chi connectivity index (χ1) is 7.00. The first-order valence-corrected chi connectivity index (χ1v) is 4.10. The molecule has 0 fully saturated rings. The highest BCUT2D eigenvalue weighted by Gasteiger charge is 2.02.